The smallest absolute Gasteiger partial charge is 0.0633 e. The molecule has 0 aliphatic heterocycles. The molecule has 0 aliphatic carbocycles. The Bertz CT molecular complexity index is 95.8. The van der Waals surface area contributed by atoms with Gasteiger partial charge in [0.15, 0.2) is 0 Å². The van der Waals surface area contributed by atoms with E-state index in [-0.39, 0.29) is 6.10 Å². The van der Waals surface area contributed by atoms with Crippen molar-refractivity contribution in [3.05, 3.63) is 0 Å². The number of hydrogen-bond donors (Lipinski definition) is 1. The van der Waals surface area contributed by atoms with E-state index in [1.807, 2.05) is 11.8 Å². The largest absolute Gasteiger partial charge is 0.392 e. The lowest BCUT2D eigenvalue weighted by Crippen LogP contribution is -2.14. The predicted octanol–water partition coefficient (Wildman–Crippen LogP) is 2.93. The first kappa shape index (κ1) is 12.3. The van der Waals surface area contributed by atoms with Crippen LogP contribution < -0.4 is 0 Å². The van der Waals surface area contributed by atoms with Crippen molar-refractivity contribution < 1.29 is 5.11 Å². The second-order valence-corrected chi connectivity index (χ2v) is 4.76. The first-order valence-electron chi connectivity index (χ1n) is 4.96. The molecule has 0 heterocycles. The van der Waals surface area contributed by atoms with Gasteiger partial charge in [0.05, 0.1) is 6.10 Å². The molecule has 2 heteroatoms. The molecule has 0 aromatic carbocycles. The molecule has 0 radical (unpaired) electrons. The summed E-state index contributed by atoms with van der Waals surface area (Å²) in [5.74, 6) is 2.70. The lowest BCUT2D eigenvalue weighted by atomic mass is 10.00. The van der Waals surface area contributed by atoms with E-state index in [2.05, 4.69) is 20.8 Å². The van der Waals surface area contributed by atoms with Crippen molar-refractivity contribution in [3.63, 3.8) is 0 Å². The van der Waals surface area contributed by atoms with E-state index >= 15 is 0 Å². The highest BCUT2D eigenvalue weighted by Crippen LogP contribution is 2.15. The van der Waals surface area contributed by atoms with E-state index in [1.165, 1.54) is 12.8 Å². The summed E-state index contributed by atoms with van der Waals surface area (Å²) < 4.78 is 0. The zero-order chi connectivity index (χ0) is 9.40. The van der Waals surface area contributed by atoms with E-state index < -0.39 is 0 Å². The van der Waals surface area contributed by atoms with Crippen molar-refractivity contribution in [1.29, 1.82) is 0 Å². The van der Waals surface area contributed by atoms with Crippen molar-refractivity contribution in [2.24, 2.45) is 5.92 Å². The van der Waals surface area contributed by atoms with Crippen molar-refractivity contribution in [3.8, 4) is 0 Å². The number of rotatable bonds is 7. The molecule has 0 saturated heterocycles. The Morgan fingerprint density at radius 2 is 2.00 bits per heavy atom. The first-order valence-corrected chi connectivity index (χ1v) is 6.11. The normalized spacial score (nSPS) is 16.0. The molecule has 74 valence electrons. The van der Waals surface area contributed by atoms with Crippen LogP contribution in [0.25, 0.3) is 0 Å². The van der Waals surface area contributed by atoms with E-state index in [4.69, 9.17) is 0 Å². The fourth-order valence-corrected chi connectivity index (χ4v) is 2.04. The molecule has 0 aromatic rings. The molecule has 0 aliphatic rings. The van der Waals surface area contributed by atoms with Gasteiger partial charge in [-0.2, -0.15) is 11.8 Å². The maximum absolute atomic E-state index is 9.56. The Balaban J connectivity index is 3.33. The van der Waals surface area contributed by atoms with Gasteiger partial charge >= 0.3 is 0 Å². The molecular weight excluding hydrogens is 168 g/mol. The summed E-state index contributed by atoms with van der Waals surface area (Å²) in [7, 11) is 0. The number of thioether (sulfide) groups is 1. The van der Waals surface area contributed by atoms with Gasteiger partial charge in [-0.05, 0) is 18.1 Å². The van der Waals surface area contributed by atoms with Crippen LogP contribution in [0.1, 0.15) is 40.0 Å². The molecule has 0 amide bonds. The molecule has 0 rings (SSSR count). The Labute approximate surface area is 80.9 Å². The van der Waals surface area contributed by atoms with Crippen LogP contribution in [-0.2, 0) is 0 Å². The highest BCUT2D eigenvalue weighted by atomic mass is 32.2. The zero-order valence-electron chi connectivity index (χ0n) is 8.55. The van der Waals surface area contributed by atoms with Gasteiger partial charge in [-0.15, -0.1) is 0 Å². The van der Waals surface area contributed by atoms with Crippen LogP contribution in [0.2, 0.25) is 0 Å². The minimum absolute atomic E-state index is 0.0866. The highest BCUT2D eigenvalue weighted by Gasteiger charge is 2.08. The third-order valence-electron chi connectivity index (χ3n) is 1.97. The van der Waals surface area contributed by atoms with Gasteiger partial charge in [-0.1, -0.05) is 33.6 Å². The van der Waals surface area contributed by atoms with Crippen LogP contribution in [0, 0.1) is 5.92 Å². The zero-order valence-corrected chi connectivity index (χ0v) is 9.36. The van der Waals surface area contributed by atoms with Gasteiger partial charge < -0.3 is 5.11 Å². The summed E-state index contributed by atoms with van der Waals surface area (Å²) in [6.07, 6.45) is 3.36. The summed E-state index contributed by atoms with van der Waals surface area (Å²) in [5.41, 5.74) is 0. The van der Waals surface area contributed by atoms with Crippen LogP contribution in [0.3, 0.4) is 0 Å². The average molecular weight is 190 g/mol. The lowest BCUT2D eigenvalue weighted by Gasteiger charge is -2.14. The highest BCUT2D eigenvalue weighted by molar-refractivity contribution is 7.99. The summed E-state index contributed by atoms with van der Waals surface area (Å²) in [6.45, 7) is 6.56. The topological polar surface area (TPSA) is 20.2 Å². The maximum Gasteiger partial charge on any atom is 0.0633 e. The minimum Gasteiger partial charge on any atom is -0.392 e. The standard InChI is InChI=1S/C10H22OS/c1-4-6-9(3)7-10(11)8-12-5-2/h9-11H,4-8H2,1-3H3. The van der Waals surface area contributed by atoms with E-state index in [0.29, 0.717) is 5.92 Å². The summed E-state index contributed by atoms with van der Waals surface area (Å²) in [6, 6.07) is 0. The van der Waals surface area contributed by atoms with Gasteiger partial charge in [0, 0.05) is 5.75 Å². The van der Waals surface area contributed by atoms with Crippen LogP contribution >= 0.6 is 11.8 Å². The Morgan fingerprint density at radius 3 is 2.50 bits per heavy atom. The van der Waals surface area contributed by atoms with Gasteiger partial charge in [-0.3, -0.25) is 0 Å². The van der Waals surface area contributed by atoms with Gasteiger partial charge in [0.25, 0.3) is 0 Å². The lowest BCUT2D eigenvalue weighted by molar-refractivity contribution is 0.166. The summed E-state index contributed by atoms with van der Waals surface area (Å²) >= 11 is 1.83. The van der Waals surface area contributed by atoms with E-state index in [0.717, 1.165) is 17.9 Å². The number of aliphatic hydroxyl groups is 1. The maximum atomic E-state index is 9.56. The Hall–Kier alpha value is 0.310. The fraction of sp³-hybridized carbons (Fsp3) is 1.00. The number of aliphatic hydroxyl groups excluding tert-OH is 1. The molecule has 1 N–H and O–H groups in total. The van der Waals surface area contributed by atoms with Crippen molar-refractivity contribution in [2.75, 3.05) is 11.5 Å². The Kier molecular flexibility index (Phi) is 8.14. The number of hydrogen-bond acceptors (Lipinski definition) is 2. The van der Waals surface area contributed by atoms with Crippen LogP contribution in [-0.4, -0.2) is 22.7 Å². The van der Waals surface area contributed by atoms with Gasteiger partial charge in [0.2, 0.25) is 0 Å². The van der Waals surface area contributed by atoms with Crippen molar-refractivity contribution in [1.82, 2.24) is 0 Å². The summed E-state index contributed by atoms with van der Waals surface area (Å²) in [5, 5.41) is 9.56. The molecule has 0 fully saturated rings. The fourth-order valence-electron chi connectivity index (χ4n) is 1.40. The van der Waals surface area contributed by atoms with Crippen LogP contribution in [0.4, 0.5) is 0 Å². The molecule has 12 heavy (non-hydrogen) atoms. The van der Waals surface area contributed by atoms with Crippen molar-refractivity contribution >= 4 is 11.8 Å². The molecule has 0 saturated carbocycles. The second kappa shape index (κ2) is 7.93. The SMILES string of the molecule is CCCC(C)CC(O)CSCC. The monoisotopic (exact) mass is 190 g/mol. The molecule has 2 unspecified atom stereocenters. The summed E-state index contributed by atoms with van der Waals surface area (Å²) in [4.78, 5) is 0. The third kappa shape index (κ3) is 6.99. The van der Waals surface area contributed by atoms with E-state index in [9.17, 15) is 5.11 Å². The molecule has 0 spiro atoms. The quantitative estimate of drug-likeness (QED) is 0.666. The van der Waals surface area contributed by atoms with Gasteiger partial charge in [-0.25, -0.2) is 0 Å². The molecule has 0 bridgehead atoms. The average Bonchev–Trinajstić information content (AvgIpc) is 2.01. The second-order valence-electron chi connectivity index (χ2n) is 3.44. The molecule has 0 aromatic heterocycles. The minimum atomic E-state index is -0.0866. The van der Waals surface area contributed by atoms with E-state index in [1.54, 1.807) is 0 Å². The van der Waals surface area contributed by atoms with Crippen molar-refractivity contribution in [2.45, 2.75) is 46.1 Å². The Morgan fingerprint density at radius 1 is 1.33 bits per heavy atom. The van der Waals surface area contributed by atoms with Crippen LogP contribution in [0.5, 0.6) is 0 Å². The molecular formula is C10H22OS. The molecule has 2 atom stereocenters. The third-order valence-corrected chi connectivity index (χ3v) is 3.00. The van der Waals surface area contributed by atoms with Gasteiger partial charge in [0.1, 0.15) is 0 Å². The first-order chi connectivity index (χ1) is 5.70. The molecule has 1 nitrogen and oxygen atoms in total. The predicted molar refractivity (Wildman–Crippen MR) is 57.7 cm³/mol. The van der Waals surface area contributed by atoms with Crippen LogP contribution in [0.15, 0.2) is 0 Å².